The van der Waals surface area contributed by atoms with Crippen molar-refractivity contribution in [3.05, 3.63) is 62.3 Å². The molecule has 1 amide bonds. The molecule has 2 aromatic carbocycles. The fourth-order valence-corrected chi connectivity index (χ4v) is 2.50. The van der Waals surface area contributed by atoms with Crippen molar-refractivity contribution < 1.29 is 19.1 Å². The number of amides is 1. The molecule has 0 saturated heterocycles. The lowest BCUT2D eigenvalue weighted by Crippen LogP contribution is -2.12. The quantitative estimate of drug-likeness (QED) is 0.783. The lowest BCUT2D eigenvalue weighted by molar-refractivity contribution is 0.0696. The van der Waals surface area contributed by atoms with Crippen LogP contribution in [0.4, 0.5) is 10.1 Å². The van der Waals surface area contributed by atoms with E-state index < -0.39 is 17.7 Å². The Morgan fingerprint density at radius 3 is 2.38 bits per heavy atom. The smallest absolute Gasteiger partial charge is 0.335 e. The van der Waals surface area contributed by atoms with E-state index in [0.717, 1.165) is 0 Å². The van der Waals surface area contributed by atoms with Gasteiger partial charge in [0.2, 0.25) is 0 Å². The van der Waals surface area contributed by atoms with E-state index in [1.165, 1.54) is 30.3 Å². The van der Waals surface area contributed by atoms with E-state index in [1.807, 2.05) is 0 Å². The number of nitrogens with one attached hydrogen (secondary N) is 1. The van der Waals surface area contributed by atoms with E-state index >= 15 is 0 Å². The number of carbonyl (C=O) groups excluding carboxylic acids is 1. The van der Waals surface area contributed by atoms with Crippen molar-refractivity contribution >= 4 is 49.4 Å². The van der Waals surface area contributed by atoms with Crippen LogP contribution in [-0.2, 0) is 0 Å². The van der Waals surface area contributed by atoms with Crippen molar-refractivity contribution in [1.82, 2.24) is 0 Å². The first-order chi connectivity index (χ1) is 9.86. The molecular formula is C14H8Br2FNO3. The van der Waals surface area contributed by atoms with Gasteiger partial charge in [0.15, 0.2) is 0 Å². The van der Waals surface area contributed by atoms with Gasteiger partial charge >= 0.3 is 5.97 Å². The number of aromatic carboxylic acids is 1. The summed E-state index contributed by atoms with van der Waals surface area (Å²) in [7, 11) is 0. The first-order valence-corrected chi connectivity index (χ1v) is 7.25. The van der Waals surface area contributed by atoms with E-state index in [0.29, 0.717) is 10.2 Å². The van der Waals surface area contributed by atoms with Crippen LogP contribution >= 0.6 is 31.9 Å². The van der Waals surface area contributed by atoms with Crippen LogP contribution in [0, 0.1) is 5.82 Å². The SMILES string of the molecule is O=C(O)c1cc(Br)cc(NC(=O)c2ccc(F)c(Br)c2)c1. The van der Waals surface area contributed by atoms with Crippen molar-refractivity contribution in [3.8, 4) is 0 Å². The zero-order chi connectivity index (χ0) is 15.6. The predicted octanol–water partition coefficient (Wildman–Crippen LogP) is 4.30. The molecule has 2 N–H and O–H groups in total. The molecule has 108 valence electrons. The zero-order valence-corrected chi connectivity index (χ0v) is 13.5. The third kappa shape index (κ3) is 3.89. The third-order valence-electron chi connectivity index (χ3n) is 2.58. The molecule has 0 aromatic heterocycles. The molecule has 0 aliphatic heterocycles. The van der Waals surface area contributed by atoms with E-state index in [2.05, 4.69) is 37.2 Å². The van der Waals surface area contributed by atoms with Crippen molar-refractivity contribution in [2.45, 2.75) is 0 Å². The van der Waals surface area contributed by atoms with E-state index in [1.54, 1.807) is 6.07 Å². The predicted molar refractivity (Wildman–Crippen MR) is 83.2 cm³/mol. The van der Waals surface area contributed by atoms with Gasteiger partial charge in [-0.1, -0.05) is 15.9 Å². The lowest BCUT2D eigenvalue weighted by atomic mass is 10.1. The Kier molecular flexibility index (Phi) is 4.74. The minimum absolute atomic E-state index is 0.0416. The summed E-state index contributed by atoms with van der Waals surface area (Å²) in [6.07, 6.45) is 0. The number of rotatable bonds is 3. The molecule has 7 heteroatoms. The summed E-state index contributed by atoms with van der Waals surface area (Å²) in [6, 6.07) is 8.19. The van der Waals surface area contributed by atoms with E-state index in [9.17, 15) is 14.0 Å². The summed E-state index contributed by atoms with van der Waals surface area (Å²) in [5, 5.41) is 11.5. The minimum atomic E-state index is -1.10. The highest BCUT2D eigenvalue weighted by Crippen LogP contribution is 2.22. The number of halogens is 3. The van der Waals surface area contributed by atoms with Crippen LogP contribution in [0.5, 0.6) is 0 Å². The average molecular weight is 417 g/mol. The van der Waals surface area contributed by atoms with Crippen molar-refractivity contribution in [2.75, 3.05) is 5.32 Å². The van der Waals surface area contributed by atoms with E-state index in [4.69, 9.17) is 5.11 Å². The molecule has 0 saturated carbocycles. The van der Waals surface area contributed by atoms with Crippen molar-refractivity contribution in [3.63, 3.8) is 0 Å². The molecular weight excluding hydrogens is 409 g/mol. The first-order valence-electron chi connectivity index (χ1n) is 5.67. The van der Waals surface area contributed by atoms with Crippen LogP contribution in [-0.4, -0.2) is 17.0 Å². The molecule has 0 aliphatic rings. The Hall–Kier alpha value is -1.73. The highest BCUT2D eigenvalue weighted by molar-refractivity contribution is 9.10. The van der Waals surface area contributed by atoms with Crippen LogP contribution < -0.4 is 5.32 Å². The van der Waals surface area contributed by atoms with Gasteiger partial charge in [-0.15, -0.1) is 0 Å². The van der Waals surface area contributed by atoms with Gasteiger partial charge in [0.1, 0.15) is 5.82 Å². The maximum absolute atomic E-state index is 13.1. The normalized spacial score (nSPS) is 10.2. The van der Waals surface area contributed by atoms with Gasteiger partial charge in [-0.3, -0.25) is 4.79 Å². The molecule has 21 heavy (non-hydrogen) atoms. The van der Waals surface area contributed by atoms with Crippen LogP contribution in [0.2, 0.25) is 0 Å². The molecule has 2 rings (SSSR count). The number of anilines is 1. The Balaban J connectivity index is 2.27. The second-order valence-corrected chi connectivity index (χ2v) is 5.89. The molecule has 2 aromatic rings. The summed E-state index contributed by atoms with van der Waals surface area (Å²) in [5.74, 6) is -2.04. The number of carbonyl (C=O) groups is 2. The topological polar surface area (TPSA) is 66.4 Å². The fourth-order valence-electron chi connectivity index (χ4n) is 1.63. The number of carboxylic acid groups (broad SMARTS) is 1. The maximum atomic E-state index is 13.1. The highest BCUT2D eigenvalue weighted by Gasteiger charge is 2.11. The number of hydrogen-bond acceptors (Lipinski definition) is 2. The van der Waals surface area contributed by atoms with Crippen LogP contribution in [0.1, 0.15) is 20.7 Å². The third-order valence-corrected chi connectivity index (χ3v) is 3.65. The molecule has 0 heterocycles. The van der Waals surface area contributed by atoms with Gasteiger partial charge in [0.05, 0.1) is 10.0 Å². The first kappa shape index (κ1) is 15.7. The summed E-state index contributed by atoms with van der Waals surface area (Å²) >= 11 is 6.18. The highest BCUT2D eigenvalue weighted by atomic mass is 79.9. The van der Waals surface area contributed by atoms with Gasteiger partial charge in [-0.05, 0) is 52.3 Å². The summed E-state index contributed by atoms with van der Waals surface area (Å²) in [4.78, 5) is 23.0. The largest absolute Gasteiger partial charge is 0.478 e. The number of benzene rings is 2. The summed E-state index contributed by atoms with van der Waals surface area (Å²) < 4.78 is 13.8. The van der Waals surface area contributed by atoms with Gasteiger partial charge in [0, 0.05) is 15.7 Å². The summed E-state index contributed by atoms with van der Waals surface area (Å²) in [5.41, 5.74) is 0.618. The molecule has 0 spiro atoms. The minimum Gasteiger partial charge on any atom is -0.478 e. The number of carboxylic acids is 1. The maximum Gasteiger partial charge on any atom is 0.335 e. The molecule has 4 nitrogen and oxygen atoms in total. The molecule has 0 aliphatic carbocycles. The molecule has 0 radical (unpaired) electrons. The average Bonchev–Trinajstić information content (AvgIpc) is 2.41. The Bertz CT molecular complexity index is 734. The molecule has 0 fully saturated rings. The Morgan fingerprint density at radius 1 is 1.05 bits per heavy atom. The van der Waals surface area contributed by atoms with Crippen LogP contribution in [0.15, 0.2) is 45.3 Å². The van der Waals surface area contributed by atoms with Crippen molar-refractivity contribution in [1.29, 1.82) is 0 Å². The monoisotopic (exact) mass is 415 g/mol. The van der Waals surface area contributed by atoms with Crippen LogP contribution in [0.25, 0.3) is 0 Å². The zero-order valence-electron chi connectivity index (χ0n) is 10.4. The van der Waals surface area contributed by atoms with Gasteiger partial charge < -0.3 is 10.4 Å². The number of hydrogen-bond donors (Lipinski definition) is 2. The van der Waals surface area contributed by atoms with Crippen molar-refractivity contribution in [2.24, 2.45) is 0 Å². The Labute approximate surface area is 136 Å². The summed E-state index contributed by atoms with van der Waals surface area (Å²) in [6.45, 7) is 0. The van der Waals surface area contributed by atoms with Gasteiger partial charge in [0.25, 0.3) is 5.91 Å². The second kappa shape index (κ2) is 6.36. The van der Waals surface area contributed by atoms with Crippen LogP contribution in [0.3, 0.4) is 0 Å². The lowest BCUT2D eigenvalue weighted by Gasteiger charge is -2.08. The molecule has 0 bridgehead atoms. The van der Waals surface area contributed by atoms with Gasteiger partial charge in [-0.25, -0.2) is 9.18 Å². The fraction of sp³-hybridized carbons (Fsp3) is 0. The standard InChI is InChI=1S/C14H8Br2FNO3/c15-9-3-8(14(20)21)4-10(6-9)18-13(19)7-1-2-12(17)11(16)5-7/h1-6H,(H,18,19)(H,20,21). The molecule has 0 atom stereocenters. The second-order valence-electron chi connectivity index (χ2n) is 4.12. The van der Waals surface area contributed by atoms with Gasteiger partial charge in [-0.2, -0.15) is 0 Å². The van der Waals surface area contributed by atoms with E-state index in [-0.39, 0.29) is 15.6 Å². The molecule has 0 unspecified atom stereocenters. The Morgan fingerprint density at radius 2 is 1.76 bits per heavy atom.